The van der Waals surface area contributed by atoms with Gasteiger partial charge >= 0.3 is 0 Å². The van der Waals surface area contributed by atoms with Crippen molar-refractivity contribution in [1.29, 1.82) is 0 Å². The number of benzene rings is 2. The SMILES string of the molecule is O=C(c1cc(Cl)cc(Cl)c1)N1CCN(S(=O)(=O)c2cccc(Cl)c2Cl)CC1. The zero-order valence-corrected chi connectivity index (χ0v) is 17.7. The van der Waals surface area contributed by atoms with Crippen LogP contribution in [0.4, 0.5) is 0 Å². The number of hydrogen-bond acceptors (Lipinski definition) is 3. The van der Waals surface area contributed by atoms with Crippen molar-refractivity contribution < 1.29 is 13.2 Å². The van der Waals surface area contributed by atoms with Crippen molar-refractivity contribution in [2.75, 3.05) is 26.2 Å². The van der Waals surface area contributed by atoms with Crippen LogP contribution in [0.25, 0.3) is 0 Å². The molecule has 1 saturated heterocycles. The molecule has 0 bridgehead atoms. The molecule has 0 aromatic heterocycles. The number of rotatable bonds is 3. The molecule has 0 aliphatic carbocycles. The summed E-state index contributed by atoms with van der Waals surface area (Å²) in [6.45, 7) is 0.761. The number of hydrogen-bond donors (Lipinski definition) is 0. The van der Waals surface area contributed by atoms with Gasteiger partial charge in [0.05, 0.1) is 10.0 Å². The van der Waals surface area contributed by atoms with Gasteiger partial charge in [-0.3, -0.25) is 4.79 Å². The number of piperazine rings is 1. The Bertz CT molecular complexity index is 969. The Morgan fingerprint density at radius 1 is 0.889 bits per heavy atom. The van der Waals surface area contributed by atoms with Crippen LogP contribution in [-0.2, 0) is 10.0 Å². The summed E-state index contributed by atoms with van der Waals surface area (Å²) in [6, 6.07) is 9.07. The summed E-state index contributed by atoms with van der Waals surface area (Å²) >= 11 is 23.9. The van der Waals surface area contributed by atoms with E-state index in [4.69, 9.17) is 46.4 Å². The Kier molecular flexibility index (Phi) is 6.25. The third-order valence-corrected chi connectivity index (χ3v) is 7.48. The van der Waals surface area contributed by atoms with Crippen molar-refractivity contribution in [3.8, 4) is 0 Å². The molecule has 2 aromatic rings. The fraction of sp³-hybridized carbons (Fsp3) is 0.235. The van der Waals surface area contributed by atoms with Gasteiger partial charge in [0.1, 0.15) is 4.90 Å². The average molecular weight is 468 g/mol. The maximum Gasteiger partial charge on any atom is 0.254 e. The molecule has 3 rings (SSSR count). The Morgan fingerprint density at radius 2 is 1.48 bits per heavy atom. The van der Waals surface area contributed by atoms with E-state index in [0.29, 0.717) is 15.6 Å². The van der Waals surface area contributed by atoms with Crippen molar-refractivity contribution in [3.63, 3.8) is 0 Å². The topological polar surface area (TPSA) is 57.7 Å². The van der Waals surface area contributed by atoms with Gasteiger partial charge in [-0.1, -0.05) is 52.5 Å². The predicted octanol–water partition coefficient (Wildman–Crippen LogP) is 4.45. The van der Waals surface area contributed by atoms with Crippen LogP contribution >= 0.6 is 46.4 Å². The number of carbonyl (C=O) groups is 1. The predicted molar refractivity (Wildman–Crippen MR) is 108 cm³/mol. The number of nitrogens with zero attached hydrogens (tertiary/aromatic N) is 2. The number of sulfonamides is 1. The molecule has 1 aliphatic heterocycles. The normalized spacial score (nSPS) is 15.8. The fourth-order valence-electron chi connectivity index (χ4n) is 2.81. The van der Waals surface area contributed by atoms with Gasteiger partial charge < -0.3 is 4.90 Å². The van der Waals surface area contributed by atoms with Crippen LogP contribution in [0.1, 0.15) is 10.4 Å². The fourth-order valence-corrected chi connectivity index (χ4v) is 5.50. The Hall–Kier alpha value is -1.02. The van der Waals surface area contributed by atoms with Crippen LogP contribution < -0.4 is 0 Å². The molecule has 1 amide bonds. The van der Waals surface area contributed by atoms with Gasteiger partial charge in [0, 0.05) is 41.8 Å². The molecule has 2 aromatic carbocycles. The molecule has 0 spiro atoms. The van der Waals surface area contributed by atoms with E-state index in [9.17, 15) is 13.2 Å². The highest BCUT2D eigenvalue weighted by Gasteiger charge is 2.32. The first-order valence-electron chi connectivity index (χ1n) is 7.89. The summed E-state index contributed by atoms with van der Waals surface area (Å²) in [4.78, 5) is 14.2. The van der Waals surface area contributed by atoms with Crippen molar-refractivity contribution in [3.05, 3.63) is 62.1 Å². The third-order valence-electron chi connectivity index (χ3n) is 4.17. The van der Waals surface area contributed by atoms with E-state index < -0.39 is 10.0 Å². The lowest BCUT2D eigenvalue weighted by molar-refractivity contribution is 0.0698. The lowest BCUT2D eigenvalue weighted by Crippen LogP contribution is -2.50. The molecule has 0 saturated carbocycles. The quantitative estimate of drug-likeness (QED) is 0.670. The van der Waals surface area contributed by atoms with E-state index in [0.717, 1.165) is 0 Å². The van der Waals surface area contributed by atoms with E-state index in [1.54, 1.807) is 11.0 Å². The smallest absolute Gasteiger partial charge is 0.254 e. The van der Waals surface area contributed by atoms with Gasteiger partial charge in [-0.15, -0.1) is 0 Å². The van der Waals surface area contributed by atoms with Crippen molar-refractivity contribution in [2.24, 2.45) is 0 Å². The molecule has 1 aliphatic rings. The second-order valence-corrected chi connectivity index (χ2v) is 9.47. The van der Waals surface area contributed by atoms with Gasteiger partial charge in [-0.2, -0.15) is 4.31 Å². The molecule has 0 atom stereocenters. The summed E-state index contributed by atoms with van der Waals surface area (Å²) in [7, 11) is -3.81. The van der Waals surface area contributed by atoms with Crippen LogP contribution in [0.15, 0.2) is 41.3 Å². The molecule has 1 heterocycles. The van der Waals surface area contributed by atoms with E-state index in [2.05, 4.69) is 0 Å². The molecular weight excluding hydrogens is 454 g/mol. The van der Waals surface area contributed by atoms with Crippen LogP contribution in [0.5, 0.6) is 0 Å². The molecule has 0 N–H and O–H groups in total. The van der Waals surface area contributed by atoms with Crippen LogP contribution in [-0.4, -0.2) is 49.7 Å². The molecular formula is C17H14Cl4N2O3S. The molecule has 10 heteroatoms. The average Bonchev–Trinajstić information content (AvgIpc) is 2.62. The molecule has 144 valence electrons. The standard InChI is InChI=1S/C17H14Cl4N2O3S/c18-12-8-11(9-13(19)10-12)17(24)22-4-6-23(7-5-22)27(25,26)15-3-1-2-14(20)16(15)21/h1-3,8-10H,4-7H2. The molecule has 27 heavy (non-hydrogen) atoms. The Balaban J connectivity index is 1.75. The highest BCUT2D eigenvalue weighted by Crippen LogP contribution is 2.31. The second-order valence-electron chi connectivity index (χ2n) is 5.91. The summed E-state index contributed by atoms with van der Waals surface area (Å²) in [5, 5.41) is 0.890. The minimum atomic E-state index is -3.81. The summed E-state index contributed by atoms with van der Waals surface area (Å²) < 4.78 is 27.0. The summed E-state index contributed by atoms with van der Waals surface area (Å²) in [6.07, 6.45) is 0. The molecule has 0 radical (unpaired) electrons. The van der Waals surface area contributed by atoms with Crippen molar-refractivity contribution in [1.82, 2.24) is 9.21 Å². The van der Waals surface area contributed by atoms with Crippen LogP contribution in [0, 0.1) is 0 Å². The van der Waals surface area contributed by atoms with Gasteiger partial charge in [-0.05, 0) is 30.3 Å². The van der Waals surface area contributed by atoms with Gasteiger partial charge in [0.15, 0.2) is 0 Å². The monoisotopic (exact) mass is 466 g/mol. The Morgan fingerprint density at radius 3 is 2.07 bits per heavy atom. The minimum absolute atomic E-state index is 0.00811. The van der Waals surface area contributed by atoms with Crippen molar-refractivity contribution in [2.45, 2.75) is 4.90 Å². The zero-order chi connectivity index (χ0) is 19.8. The first-order chi connectivity index (χ1) is 12.7. The molecule has 1 fully saturated rings. The molecule has 0 unspecified atom stereocenters. The van der Waals surface area contributed by atoms with E-state index >= 15 is 0 Å². The summed E-state index contributed by atoms with van der Waals surface area (Å²) in [5.74, 6) is -0.253. The van der Waals surface area contributed by atoms with E-state index in [1.165, 1.54) is 34.6 Å². The minimum Gasteiger partial charge on any atom is -0.336 e. The van der Waals surface area contributed by atoms with Crippen molar-refractivity contribution >= 4 is 62.3 Å². The zero-order valence-electron chi connectivity index (χ0n) is 13.8. The van der Waals surface area contributed by atoms with Gasteiger partial charge in [0.25, 0.3) is 5.91 Å². The maximum atomic E-state index is 12.8. The number of carbonyl (C=O) groups excluding carboxylic acids is 1. The van der Waals surface area contributed by atoms with Gasteiger partial charge in [-0.25, -0.2) is 8.42 Å². The maximum absolute atomic E-state index is 12.8. The number of halogens is 4. The first-order valence-corrected chi connectivity index (χ1v) is 10.8. The highest BCUT2D eigenvalue weighted by atomic mass is 35.5. The van der Waals surface area contributed by atoms with E-state index in [-0.39, 0.29) is 47.0 Å². The molecule has 5 nitrogen and oxygen atoms in total. The third kappa shape index (κ3) is 4.36. The number of amides is 1. The second kappa shape index (κ2) is 8.15. The van der Waals surface area contributed by atoms with Crippen LogP contribution in [0.2, 0.25) is 20.1 Å². The largest absolute Gasteiger partial charge is 0.336 e. The Labute approximate surface area is 177 Å². The lowest BCUT2D eigenvalue weighted by Gasteiger charge is -2.34. The summed E-state index contributed by atoms with van der Waals surface area (Å²) in [5.41, 5.74) is 0.363. The lowest BCUT2D eigenvalue weighted by atomic mass is 10.2. The van der Waals surface area contributed by atoms with Crippen LogP contribution in [0.3, 0.4) is 0 Å². The van der Waals surface area contributed by atoms with Gasteiger partial charge in [0.2, 0.25) is 10.0 Å². The first kappa shape index (κ1) is 20.7. The van der Waals surface area contributed by atoms with E-state index in [1.807, 2.05) is 0 Å². The highest BCUT2D eigenvalue weighted by molar-refractivity contribution is 7.89.